The van der Waals surface area contributed by atoms with E-state index in [-0.39, 0.29) is 18.0 Å². The highest BCUT2D eigenvalue weighted by molar-refractivity contribution is 5.08. The van der Waals surface area contributed by atoms with Gasteiger partial charge in [0, 0.05) is 12.3 Å². The topological polar surface area (TPSA) is 58.9 Å². The molecule has 1 spiro atoms. The van der Waals surface area contributed by atoms with Gasteiger partial charge in [-0.1, -0.05) is 19.8 Å². The normalized spacial score (nSPS) is 39.8. The monoisotopic (exact) mass is 284 g/mol. The van der Waals surface area contributed by atoms with Crippen molar-refractivity contribution in [2.75, 3.05) is 13.2 Å². The van der Waals surface area contributed by atoms with Gasteiger partial charge in [0.05, 0.1) is 25.4 Å². The number of ether oxygens (including phenoxy) is 2. The zero-order valence-electron chi connectivity index (χ0n) is 12.5. The van der Waals surface area contributed by atoms with Gasteiger partial charge in [0.2, 0.25) is 0 Å². The Bertz CT molecular complexity index is 326. The molecule has 3 fully saturated rings. The van der Waals surface area contributed by atoms with Crippen molar-refractivity contribution >= 4 is 0 Å². The molecule has 2 aliphatic carbocycles. The van der Waals surface area contributed by atoms with Crippen LogP contribution in [-0.4, -0.2) is 41.4 Å². The lowest BCUT2D eigenvalue weighted by Gasteiger charge is -2.48. The van der Waals surface area contributed by atoms with E-state index in [1.807, 2.05) is 0 Å². The van der Waals surface area contributed by atoms with Crippen molar-refractivity contribution in [2.24, 2.45) is 17.8 Å². The highest BCUT2D eigenvalue weighted by atomic mass is 16.7. The molecule has 0 amide bonds. The number of rotatable bonds is 6. The van der Waals surface area contributed by atoms with Gasteiger partial charge in [-0.3, -0.25) is 0 Å². The van der Waals surface area contributed by atoms with E-state index in [2.05, 4.69) is 6.92 Å². The highest BCUT2D eigenvalue weighted by Crippen LogP contribution is 2.59. The van der Waals surface area contributed by atoms with Gasteiger partial charge >= 0.3 is 0 Å². The summed E-state index contributed by atoms with van der Waals surface area (Å²) in [5.41, 5.74) is 0. The van der Waals surface area contributed by atoms with E-state index in [9.17, 15) is 10.2 Å². The molecule has 3 rings (SSSR count). The first-order valence-corrected chi connectivity index (χ1v) is 8.30. The second-order valence-electron chi connectivity index (χ2n) is 6.84. The molecule has 1 aliphatic heterocycles. The van der Waals surface area contributed by atoms with Crippen LogP contribution in [0.1, 0.15) is 51.9 Å². The number of unbranched alkanes of at least 4 members (excludes halogenated alkanes) is 1. The third kappa shape index (κ3) is 2.52. The molecule has 4 heteroatoms. The standard InChI is InChI=1S/C16H28O4/c1-2-3-4-12(17)6-5-11-9-14-13(15(11)18)10-16(14)19-7-8-20-16/h11-15,17-18H,2-10H2,1H3. The average molecular weight is 284 g/mol. The second kappa shape index (κ2) is 5.91. The molecular formula is C16H28O4. The van der Waals surface area contributed by atoms with Gasteiger partial charge in [0.1, 0.15) is 0 Å². The maximum absolute atomic E-state index is 10.4. The summed E-state index contributed by atoms with van der Waals surface area (Å²) in [7, 11) is 0. The van der Waals surface area contributed by atoms with Gasteiger partial charge in [0.15, 0.2) is 5.79 Å². The summed E-state index contributed by atoms with van der Waals surface area (Å²) in [6.07, 6.45) is 6.27. The SMILES string of the molecule is CCCCC(O)CCC1CC2C(CC23OCCO3)C1O. The summed E-state index contributed by atoms with van der Waals surface area (Å²) >= 11 is 0. The van der Waals surface area contributed by atoms with Crippen LogP contribution in [0.15, 0.2) is 0 Å². The molecule has 0 radical (unpaired) electrons. The zero-order chi connectivity index (χ0) is 14.2. The van der Waals surface area contributed by atoms with Crippen molar-refractivity contribution in [1.82, 2.24) is 0 Å². The van der Waals surface area contributed by atoms with Gasteiger partial charge in [-0.25, -0.2) is 0 Å². The lowest BCUT2D eigenvalue weighted by Crippen LogP contribution is -2.54. The molecule has 1 heterocycles. The third-order valence-corrected chi connectivity index (χ3v) is 5.62. The molecule has 3 aliphatic rings. The van der Waals surface area contributed by atoms with Crippen molar-refractivity contribution in [3.8, 4) is 0 Å². The molecule has 20 heavy (non-hydrogen) atoms. The minimum Gasteiger partial charge on any atom is -0.393 e. The Labute approximate surface area is 121 Å². The molecule has 5 unspecified atom stereocenters. The van der Waals surface area contributed by atoms with E-state index in [0.29, 0.717) is 31.0 Å². The molecule has 0 aromatic heterocycles. The summed E-state index contributed by atoms with van der Waals surface area (Å²) in [4.78, 5) is 0. The fourth-order valence-electron chi connectivity index (χ4n) is 4.40. The number of hydrogen-bond donors (Lipinski definition) is 2. The predicted octanol–water partition coefficient (Wildman–Crippen LogP) is 2.08. The van der Waals surface area contributed by atoms with Gasteiger partial charge in [-0.2, -0.15) is 0 Å². The Morgan fingerprint density at radius 3 is 2.70 bits per heavy atom. The third-order valence-electron chi connectivity index (χ3n) is 5.62. The van der Waals surface area contributed by atoms with Crippen LogP contribution in [-0.2, 0) is 9.47 Å². The molecule has 2 N–H and O–H groups in total. The van der Waals surface area contributed by atoms with Gasteiger partial charge in [-0.05, 0) is 37.5 Å². The van der Waals surface area contributed by atoms with Crippen molar-refractivity contribution in [3.63, 3.8) is 0 Å². The van der Waals surface area contributed by atoms with E-state index in [1.54, 1.807) is 0 Å². The van der Waals surface area contributed by atoms with Crippen molar-refractivity contribution in [1.29, 1.82) is 0 Å². The minimum atomic E-state index is -0.360. The first-order chi connectivity index (χ1) is 9.66. The Hall–Kier alpha value is -0.160. The van der Waals surface area contributed by atoms with Gasteiger partial charge < -0.3 is 19.7 Å². The first kappa shape index (κ1) is 14.8. The number of fused-ring (bicyclic) bond motifs is 2. The maximum atomic E-state index is 10.4. The molecule has 0 bridgehead atoms. The lowest BCUT2D eigenvalue weighted by molar-refractivity contribution is -0.275. The van der Waals surface area contributed by atoms with E-state index in [4.69, 9.17) is 9.47 Å². The summed E-state index contributed by atoms with van der Waals surface area (Å²) < 4.78 is 11.6. The molecule has 116 valence electrons. The zero-order valence-corrected chi connectivity index (χ0v) is 12.5. The highest BCUT2D eigenvalue weighted by Gasteiger charge is 2.64. The van der Waals surface area contributed by atoms with Crippen LogP contribution in [0, 0.1) is 17.8 Å². The summed E-state index contributed by atoms with van der Waals surface area (Å²) in [6.45, 7) is 3.53. The number of aliphatic hydroxyl groups is 2. The van der Waals surface area contributed by atoms with Crippen molar-refractivity contribution in [3.05, 3.63) is 0 Å². The Balaban J connectivity index is 1.47. The maximum Gasteiger partial charge on any atom is 0.172 e. The van der Waals surface area contributed by atoms with Crippen LogP contribution in [0.3, 0.4) is 0 Å². The molecule has 5 atom stereocenters. The average Bonchev–Trinajstić information content (AvgIpc) is 3.01. The van der Waals surface area contributed by atoms with Crippen molar-refractivity contribution < 1.29 is 19.7 Å². The predicted molar refractivity (Wildman–Crippen MR) is 75.1 cm³/mol. The largest absolute Gasteiger partial charge is 0.393 e. The van der Waals surface area contributed by atoms with Gasteiger partial charge in [-0.15, -0.1) is 0 Å². The Morgan fingerprint density at radius 2 is 2.00 bits per heavy atom. The fraction of sp³-hybridized carbons (Fsp3) is 1.00. The Kier molecular flexibility index (Phi) is 4.37. The van der Waals surface area contributed by atoms with Gasteiger partial charge in [0.25, 0.3) is 0 Å². The fourth-order valence-corrected chi connectivity index (χ4v) is 4.40. The van der Waals surface area contributed by atoms with Crippen LogP contribution in [0.5, 0.6) is 0 Å². The smallest absolute Gasteiger partial charge is 0.172 e. The van der Waals surface area contributed by atoms with E-state index < -0.39 is 0 Å². The molecule has 4 nitrogen and oxygen atoms in total. The van der Waals surface area contributed by atoms with Crippen LogP contribution < -0.4 is 0 Å². The number of hydrogen-bond acceptors (Lipinski definition) is 4. The second-order valence-corrected chi connectivity index (χ2v) is 6.84. The molecule has 0 aromatic rings. The summed E-state index contributed by atoms with van der Waals surface area (Å²) in [5.74, 6) is 0.679. The molecular weight excluding hydrogens is 256 g/mol. The molecule has 2 saturated carbocycles. The van der Waals surface area contributed by atoms with E-state index in [1.165, 1.54) is 0 Å². The van der Waals surface area contributed by atoms with E-state index >= 15 is 0 Å². The Morgan fingerprint density at radius 1 is 1.25 bits per heavy atom. The quantitative estimate of drug-likeness (QED) is 0.784. The summed E-state index contributed by atoms with van der Waals surface area (Å²) in [5, 5.41) is 20.4. The molecule has 1 saturated heterocycles. The summed E-state index contributed by atoms with van der Waals surface area (Å²) in [6, 6.07) is 0. The lowest BCUT2D eigenvalue weighted by atomic mass is 9.69. The first-order valence-electron chi connectivity index (χ1n) is 8.30. The van der Waals surface area contributed by atoms with E-state index in [0.717, 1.165) is 44.9 Å². The van der Waals surface area contributed by atoms with Crippen LogP contribution in [0.25, 0.3) is 0 Å². The van der Waals surface area contributed by atoms with Crippen LogP contribution in [0.2, 0.25) is 0 Å². The van der Waals surface area contributed by atoms with Crippen LogP contribution in [0.4, 0.5) is 0 Å². The molecule has 0 aromatic carbocycles. The minimum absolute atomic E-state index is 0.201. The van der Waals surface area contributed by atoms with Crippen molar-refractivity contribution in [2.45, 2.75) is 69.9 Å². The van der Waals surface area contributed by atoms with Crippen LogP contribution >= 0.6 is 0 Å². The number of aliphatic hydroxyl groups excluding tert-OH is 2.